The number of primary amides is 1. The van der Waals surface area contributed by atoms with Gasteiger partial charge in [-0.15, -0.1) is 26.6 Å². The van der Waals surface area contributed by atoms with Crippen LogP contribution in [0, 0.1) is 30.5 Å². The summed E-state index contributed by atoms with van der Waals surface area (Å²) in [6, 6.07) is 12.9. The zero-order chi connectivity index (χ0) is 80.7. The van der Waals surface area contributed by atoms with E-state index in [4.69, 9.17) is 29.4 Å². The molecule has 0 radical (unpaired) electrons. The van der Waals surface area contributed by atoms with Crippen LogP contribution in [0.25, 0.3) is 10.2 Å². The zero-order valence-electron chi connectivity index (χ0n) is 62.2. The second kappa shape index (κ2) is 40.1. The average Bonchev–Trinajstić information content (AvgIpc) is 1.41. The van der Waals surface area contributed by atoms with Gasteiger partial charge in [-0.1, -0.05) is 54.5 Å². The highest BCUT2D eigenvalue weighted by molar-refractivity contribution is 7.88. The van der Waals surface area contributed by atoms with Gasteiger partial charge < -0.3 is 75.6 Å². The first kappa shape index (κ1) is 84.8. The number of carbonyl (C=O) groups is 9. The third-order valence-electron chi connectivity index (χ3n) is 17.3. The molecule has 7 aromatic rings. The number of nitrogens with zero attached hydrogens (tertiary/aromatic N) is 10. The number of carboxylic acid groups (broad SMARTS) is 2. The summed E-state index contributed by atoms with van der Waals surface area (Å²) in [5, 5.41) is 52.5. The number of fused-ring (bicyclic) bond motifs is 2. The number of ether oxygens (including phenoxy) is 5. The number of thiazole rings is 2. The van der Waals surface area contributed by atoms with E-state index in [1.165, 1.54) is 48.1 Å². The molecule has 6 heterocycles. The first-order chi connectivity index (χ1) is 53.5. The van der Waals surface area contributed by atoms with Crippen molar-refractivity contribution < 1.29 is 94.3 Å². The van der Waals surface area contributed by atoms with Gasteiger partial charge in [-0.25, -0.2) is 38.1 Å². The van der Waals surface area contributed by atoms with Crippen molar-refractivity contribution in [2.75, 3.05) is 102 Å². The van der Waals surface area contributed by atoms with Gasteiger partial charge >= 0.3 is 34.3 Å². The summed E-state index contributed by atoms with van der Waals surface area (Å²) < 4.78 is 73.9. The van der Waals surface area contributed by atoms with Crippen molar-refractivity contribution in [3.8, 4) is 17.6 Å². The van der Waals surface area contributed by atoms with Crippen LogP contribution in [0.2, 0.25) is 0 Å². The molecule has 3 aromatic carbocycles. The van der Waals surface area contributed by atoms with E-state index in [1.54, 1.807) is 42.8 Å². The van der Waals surface area contributed by atoms with E-state index in [-0.39, 0.29) is 119 Å². The fourth-order valence-electron chi connectivity index (χ4n) is 11.7. The molecule has 8 amide bonds. The third-order valence-corrected chi connectivity index (χ3v) is 20.5. The standard InChI is InChI=1S/C72H87FN18O18S3/c1-43(2)62(80-58(92)25-32-106-34-29-88-59(93)23-24-60(88)94)67(98)78-54(16-9-26-75-69(74)101)66(97)77-48-21-20-46(47(36-48)40-107-41-49-38-90(87-83-49)50(37-61(95)96)42-109-72(102)86-112(103,104)76-27-33-105-6)39-91(4,5)30-11-13-45-19-22-55(52(73)35-45)108-31-12-18-57-63(68(99)100)81-71(111-57)89-28-10-14-51-44(3)64(84-85-65(51)89)82-70-79-53-15-7-8-17-56(53)110-70/h7-8,15,17,19-24,35-36,38,43,50,54,62,76H,9-10,12,14,16,18,25-34,37,39-42H2,1-6H3,(H9-,74,75,77,78,79,80,82,84,86,92,95,96,97,98,99,100,101,102)/p+1/t50-,54-,62-/m0/s1. The summed E-state index contributed by atoms with van der Waals surface area (Å²) in [5.74, 6) is 0.832. The van der Waals surface area contributed by atoms with E-state index in [0.29, 0.717) is 63.0 Å². The van der Waals surface area contributed by atoms with Gasteiger partial charge in [0.05, 0.1) is 89.2 Å². The van der Waals surface area contributed by atoms with Crippen LogP contribution in [0.3, 0.4) is 0 Å². The lowest BCUT2D eigenvalue weighted by molar-refractivity contribution is -0.896. The highest BCUT2D eigenvalue weighted by Gasteiger charge is 2.33. The minimum atomic E-state index is -4.35. The number of nitrogens with one attached hydrogen (secondary N) is 7. The molecule has 4 aromatic heterocycles. The predicted molar refractivity (Wildman–Crippen MR) is 407 cm³/mol. The lowest BCUT2D eigenvalue weighted by Crippen LogP contribution is -2.54. The van der Waals surface area contributed by atoms with Gasteiger partial charge in [0.25, 0.3) is 11.8 Å². The van der Waals surface area contributed by atoms with Gasteiger partial charge in [0, 0.05) is 78.1 Å². The molecule has 598 valence electrons. The summed E-state index contributed by atoms with van der Waals surface area (Å²) in [6.07, 6.45) is 3.74. The predicted octanol–water partition coefficient (Wildman–Crippen LogP) is 5.03. The van der Waals surface area contributed by atoms with Crippen LogP contribution >= 0.6 is 22.7 Å². The number of anilines is 5. The SMILES string of the molecule is COCCNS(=O)(=O)NC(=O)OC[C@H](CC(=O)O)n1cc(COCc2cc(NC(=O)[C@H](CCCNC(N)=O)NC(=O)[C@@H](NC(=O)CCOCCN3C(=O)C=CC3=O)C(C)C)ccc2C[N+](C)(C)CC#Cc2ccc(OCCCc3sc(N4CCCc5c4nnc(Nc4nc6ccccc6s4)c5C)nc3C(=O)O)c(F)c2)nn1. The molecular weight excluding hydrogens is 1520 g/mol. The molecule has 0 saturated heterocycles. The summed E-state index contributed by atoms with van der Waals surface area (Å²) in [6.45, 7) is 5.25. The Morgan fingerprint density at radius 1 is 0.866 bits per heavy atom. The first-order valence-electron chi connectivity index (χ1n) is 35.5. The zero-order valence-corrected chi connectivity index (χ0v) is 64.7. The summed E-state index contributed by atoms with van der Waals surface area (Å²) >= 11 is 2.76. The smallest absolute Gasteiger partial charge is 0.421 e. The number of aryl methyl sites for hydroxylation is 1. The topological polar surface area (TPSA) is 473 Å². The Hall–Kier alpha value is -11.2. The highest BCUT2D eigenvalue weighted by Crippen LogP contribution is 2.39. The minimum absolute atomic E-state index is 0.00862. The Kier molecular flexibility index (Phi) is 30.4. The molecule has 40 heteroatoms. The number of carboxylic acids is 2. The minimum Gasteiger partial charge on any atom is -0.491 e. The number of aromatic carboxylic acids is 1. The van der Waals surface area contributed by atoms with Gasteiger partial charge in [0.2, 0.25) is 17.7 Å². The van der Waals surface area contributed by atoms with Crippen molar-refractivity contribution in [2.24, 2.45) is 11.7 Å². The Balaban J connectivity index is 0.846. The molecule has 11 N–H and O–H groups in total. The van der Waals surface area contributed by atoms with Crippen LogP contribution in [0.15, 0.2) is 79.0 Å². The number of hydrogen-bond donors (Lipinski definition) is 10. The number of benzene rings is 3. The number of aromatic nitrogens is 7. The number of urea groups is 1. The molecule has 0 aliphatic carbocycles. The number of aliphatic carboxylic acids is 1. The Morgan fingerprint density at radius 3 is 2.38 bits per heavy atom. The van der Waals surface area contributed by atoms with E-state index < -0.39 is 107 Å². The molecule has 0 fully saturated rings. The lowest BCUT2D eigenvalue weighted by Gasteiger charge is -2.29. The number of nitrogens with two attached hydrogens (primary N) is 1. The summed E-state index contributed by atoms with van der Waals surface area (Å²) in [7, 11) is 0.812. The highest BCUT2D eigenvalue weighted by atomic mass is 32.2. The van der Waals surface area contributed by atoms with Crippen LogP contribution < -0.4 is 51.4 Å². The van der Waals surface area contributed by atoms with Crippen molar-refractivity contribution in [3.63, 3.8) is 0 Å². The molecule has 9 rings (SSSR count). The number of imide groups is 1. The summed E-state index contributed by atoms with van der Waals surface area (Å²) in [5.41, 5.74) is 10.0. The maximum Gasteiger partial charge on any atom is 0.421 e. The summed E-state index contributed by atoms with van der Waals surface area (Å²) in [4.78, 5) is 127. The quantitative estimate of drug-likeness (QED) is 0.0104. The number of rotatable bonds is 42. The Morgan fingerprint density at radius 2 is 1.65 bits per heavy atom. The van der Waals surface area contributed by atoms with E-state index in [9.17, 15) is 61.8 Å². The van der Waals surface area contributed by atoms with E-state index in [0.717, 1.165) is 55.9 Å². The van der Waals surface area contributed by atoms with Crippen molar-refractivity contribution in [2.45, 2.75) is 110 Å². The molecule has 36 nitrogen and oxygen atoms in total. The normalized spacial score (nSPS) is 13.6. The molecule has 2 aliphatic heterocycles. The maximum absolute atomic E-state index is 15.8. The second-order valence-electron chi connectivity index (χ2n) is 26.9. The maximum atomic E-state index is 15.8. The molecule has 0 saturated carbocycles. The van der Waals surface area contributed by atoms with Crippen molar-refractivity contribution in [3.05, 3.63) is 129 Å². The number of carbonyl (C=O) groups excluding carboxylic acids is 7. The number of hydrogen-bond acceptors (Lipinski definition) is 26. The monoisotopic (exact) mass is 1610 g/mol. The molecule has 0 bridgehead atoms. The number of amides is 8. The van der Waals surface area contributed by atoms with Crippen LogP contribution in [0.5, 0.6) is 5.75 Å². The van der Waals surface area contributed by atoms with Gasteiger partial charge in [0.1, 0.15) is 37.5 Å². The fraction of sp³-hybridized carbons (Fsp3) is 0.431. The molecule has 112 heavy (non-hydrogen) atoms. The molecule has 0 unspecified atom stereocenters. The number of quaternary nitrogens is 1. The van der Waals surface area contributed by atoms with Crippen molar-refractivity contribution >= 4 is 124 Å². The van der Waals surface area contributed by atoms with Gasteiger partial charge in [-0.2, -0.15) is 13.1 Å². The van der Waals surface area contributed by atoms with Crippen LogP contribution in [-0.4, -0.2) is 216 Å². The van der Waals surface area contributed by atoms with Crippen molar-refractivity contribution in [1.29, 1.82) is 0 Å². The van der Waals surface area contributed by atoms with Crippen LogP contribution in [0.1, 0.15) is 107 Å². The largest absolute Gasteiger partial charge is 0.491 e. The average molecular weight is 1610 g/mol. The number of methoxy groups -OCH3 is 1. The fourth-order valence-corrected chi connectivity index (χ4v) is 14.4. The molecule has 0 spiro atoms. The van der Waals surface area contributed by atoms with E-state index in [2.05, 4.69) is 73.6 Å². The van der Waals surface area contributed by atoms with E-state index in [1.807, 2.05) is 50.2 Å². The van der Waals surface area contributed by atoms with E-state index >= 15 is 4.39 Å². The Labute approximate surface area is 651 Å². The van der Waals surface area contributed by atoms with Gasteiger partial charge in [-0.05, 0) is 105 Å². The molecular formula is C72H88FN18O18S3+. The molecule has 3 atom stereocenters. The van der Waals surface area contributed by atoms with Crippen molar-refractivity contribution in [1.82, 2.24) is 65.5 Å². The number of halogens is 1. The number of para-hydroxylation sites is 1. The third kappa shape index (κ3) is 24.9. The Bertz CT molecular complexity index is 4740. The van der Waals surface area contributed by atoms with Gasteiger partial charge in [0.15, 0.2) is 39.2 Å². The second-order valence-corrected chi connectivity index (χ2v) is 30.5. The molecule has 2 aliphatic rings. The van der Waals surface area contributed by atoms with Crippen LogP contribution in [0.4, 0.5) is 41.6 Å². The van der Waals surface area contributed by atoms with Crippen LogP contribution in [-0.2, 0) is 90.5 Å². The lowest BCUT2D eigenvalue weighted by atomic mass is 10.0. The first-order valence-corrected chi connectivity index (χ1v) is 38.7. The van der Waals surface area contributed by atoms with Gasteiger partial charge in [-0.3, -0.25) is 33.7 Å².